The van der Waals surface area contributed by atoms with Crippen molar-refractivity contribution in [3.05, 3.63) is 59.7 Å². The molecular weight excluding hydrogens is 294 g/mol. The molecule has 0 N–H and O–H groups in total. The smallest absolute Gasteiger partial charge is 0.151 e. The van der Waals surface area contributed by atoms with Gasteiger partial charge in [0.15, 0.2) is 4.34 Å². The van der Waals surface area contributed by atoms with E-state index in [-0.39, 0.29) is 5.41 Å². The molecule has 0 atom stereocenters. The van der Waals surface area contributed by atoms with Crippen molar-refractivity contribution < 1.29 is 0 Å². The largest absolute Gasteiger partial charge is 0.230 e. The van der Waals surface area contributed by atoms with Crippen molar-refractivity contribution in [2.45, 2.75) is 36.3 Å². The number of aromatic nitrogens is 1. The van der Waals surface area contributed by atoms with Gasteiger partial charge in [0, 0.05) is 5.75 Å². The number of hydrogen-bond donors (Lipinski definition) is 0. The summed E-state index contributed by atoms with van der Waals surface area (Å²) in [5.41, 5.74) is 4.06. The lowest BCUT2D eigenvalue weighted by Crippen LogP contribution is -2.10. The Labute approximate surface area is 134 Å². The van der Waals surface area contributed by atoms with E-state index in [4.69, 9.17) is 0 Å². The number of nitrogens with zero attached hydrogens (tertiary/aromatic N) is 1. The van der Waals surface area contributed by atoms with Crippen LogP contribution in [-0.2, 0) is 11.2 Å². The fourth-order valence-corrected chi connectivity index (χ4v) is 4.18. The maximum Gasteiger partial charge on any atom is 0.151 e. The van der Waals surface area contributed by atoms with Crippen molar-refractivity contribution >= 4 is 33.3 Å². The summed E-state index contributed by atoms with van der Waals surface area (Å²) in [6, 6.07) is 17.3. The van der Waals surface area contributed by atoms with Crippen LogP contribution >= 0.6 is 23.1 Å². The van der Waals surface area contributed by atoms with Gasteiger partial charge in [-0.05, 0) is 28.7 Å². The molecule has 0 aliphatic rings. The van der Waals surface area contributed by atoms with E-state index in [1.54, 1.807) is 11.3 Å². The van der Waals surface area contributed by atoms with Gasteiger partial charge in [-0.3, -0.25) is 0 Å². The van der Waals surface area contributed by atoms with Gasteiger partial charge >= 0.3 is 0 Å². The Bertz CT molecular complexity index is 703. The number of benzene rings is 2. The van der Waals surface area contributed by atoms with Crippen molar-refractivity contribution in [1.29, 1.82) is 0 Å². The fraction of sp³-hybridized carbons (Fsp3) is 0.278. The Morgan fingerprint density at radius 2 is 1.71 bits per heavy atom. The predicted octanol–water partition coefficient (Wildman–Crippen LogP) is 5.89. The monoisotopic (exact) mass is 313 g/mol. The summed E-state index contributed by atoms with van der Waals surface area (Å²) >= 11 is 3.60. The van der Waals surface area contributed by atoms with E-state index in [2.05, 4.69) is 68.2 Å². The first-order valence-corrected chi connectivity index (χ1v) is 8.90. The highest BCUT2D eigenvalue weighted by molar-refractivity contribution is 8.00. The molecule has 0 unspecified atom stereocenters. The highest BCUT2D eigenvalue weighted by atomic mass is 32.2. The van der Waals surface area contributed by atoms with Gasteiger partial charge in [0.1, 0.15) is 0 Å². The molecule has 0 spiro atoms. The zero-order valence-corrected chi connectivity index (χ0v) is 14.2. The summed E-state index contributed by atoms with van der Waals surface area (Å²) in [4.78, 5) is 4.67. The average Bonchev–Trinajstić information content (AvgIpc) is 2.87. The van der Waals surface area contributed by atoms with E-state index in [0.29, 0.717) is 0 Å². The van der Waals surface area contributed by atoms with Crippen molar-refractivity contribution in [3.8, 4) is 0 Å². The molecule has 0 amide bonds. The van der Waals surface area contributed by atoms with Crippen LogP contribution < -0.4 is 0 Å². The van der Waals surface area contributed by atoms with E-state index in [1.807, 2.05) is 17.8 Å². The van der Waals surface area contributed by atoms with Crippen LogP contribution in [0.3, 0.4) is 0 Å². The molecule has 3 aromatic rings. The number of fused-ring (bicyclic) bond motifs is 1. The predicted molar refractivity (Wildman–Crippen MR) is 94.3 cm³/mol. The van der Waals surface area contributed by atoms with Crippen LogP contribution in [0.1, 0.15) is 31.9 Å². The molecule has 0 fully saturated rings. The summed E-state index contributed by atoms with van der Waals surface area (Å²) in [5, 5.41) is 0. The third-order valence-corrected chi connectivity index (χ3v) is 5.71. The first-order chi connectivity index (χ1) is 10.0. The Morgan fingerprint density at radius 1 is 1.00 bits per heavy atom. The lowest BCUT2D eigenvalue weighted by Gasteiger charge is -2.19. The minimum Gasteiger partial charge on any atom is -0.230 e. The minimum atomic E-state index is 0.221. The number of rotatable bonds is 3. The highest BCUT2D eigenvalue weighted by Crippen LogP contribution is 2.31. The van der Waals surface area contributed by atoms with Crippen LogP contribution in [-0.4, -0.2) is 4.98 Å². The Hall–Kier alpha value is -1.32. The molecule has 3 heteroatoms. The van der Waals surface area contributed by atoms with Gasteiger partial charge in [-0.2, -0.15) is 0 Å². The second kappa shape index (κ2) is 5.82. The first kappa shape index (κ1) is 14.6. The molecule has 0 saturated carbocycles. The normalized spacial score (nSPS) is 12.0. The second-order valence-corrected chi connectivity index (χ2v) is 8.44. The van der Waals surface area contributed by atoms with Crippen LogP contribution in [0.25, 0.3) is 10.2 Å². The Morgan fingerprint density at radius 3 is 2.38 bits per heavy atom. The summed E-state index contributed by atoms with van der Waals surface area (Å²) in [7, 11) is 0. The lowest BCUT2D eigenvalue weighted by atomic mass is 9.87. The molecule has 0 saturated heterocycles. The van der Waals surface area contributed by atoms with Crippen LogP contribution in [0.4, 0.5) is 0 Å². The fourth-order valence-electron chi connectivity index (χ4n) is 2.16. The zero-order chi connectivity index (χ0) is 14.9. The van der Waals surface area contributed by atoms with Crippen LogP contribution in [0.15, 0.2) is 52.9 Å². The van der Waals surface area contributed by atoms with E-state index in [0.717, 1.165) is 15.6 Å². The van der Waals surface area contributed by atoms with Gasteiger partial charge in [0.05, 0.1) is 10.2 Å². The zero-order valence-electron chi connectivity index (χ0n) is 12.6. The third-order valence-electron chi connectivity index (χ3n) is 3.46. The molecular formula is C18H19NS2. The maximum absolute atomic E-state index is 4.67. The first-order valence-electron chi connectivity index (χ1n) is 7.10. The molecule has 1 aromatic heterocycles. The quantitative estimate of drug-likeness (QED) is 0.559. The van der Waals surface area contributed by atoms with Crippen molar-refractivity contribution in [2.24, 2.45) is 0 Å². The number of thioether (sulfide) groups is 1. The SMILES string of the molecule is CC(C)(C)c1ccc(CSc2nc3ccccc3s2)cc1. The molecule has 0 bridgehead atoms. The third kappa shape index (κ3) is 3.47. The lowest BCUT2D eigenvalue weighted by molar-refractivity contribution is 0.590. The van der Waals surface area contributed by atoms with E-state index in [1.165, 1.54) is 15.8 Å². The molecule has 0 aliphatic carbocycles. The molecule has 0 aliphatic heterocycles. The van der Waals surface area contributed by atoms with Crippen LogP contribution in [0.2, 0.25) is 0 Å². The Kier molecular flexibility index (Phi) is 4.05. The summed E-state index contributed by atoms with van der Waals surface area (Å²) < 4.78 is 2.42. The van der Waals surface area contributed by atoms with Gasteiger partial charge in [-0.15, -0.1) is 11.3 Å². The summed E-state index contributed by atoms with van der Waals surface area (Å²) in [6.45, 7) is 6.74. The second-order valence-electron chi connectivity index (χ2n) is 6.18. The molecule has 108 valence electrons. The average molecular weight is 313 g/mol. The topological polar surface area (TPSA) is 12.9 Å². The van der Waals surface area contributed by atoms with Crippen molar-refractivity contribution in [3.63, 3.8) is 0 Å². The standard InChI is InChI=1S/C18H19NS2/c1-18(2,3)14-10-8-13(9-11-14)12-20-17-19-15-6-4-5-7-16(15)21-17/h4-11H,12H2,1-3H3. The summed E-state index contributed by atoms with van der Waals surface area (Å²) in [6.07, 6.45) is 0. The van der Waals surface area contributed by atoms with Gasteiger partial charge in [0.25, 0.3) is 0 Å². The highest BCUT2D eigenvalue weighted by Gasteiger charge is 2.13. The molecule has 3 rings (SSSR count). The van der Waals surface area contributed by atoms with Gasteiger partial charge in [-0.1, -0.05) is 68.9 Å². The van der Waals surface area contributed by atoms with Crippen molar-refractivity contribution in [2.75, 3.05) is 0 Å². The molecule has 1 nitrogen and oxygen atoms in total. The van der Waals surface area contributed by atoms with E-state index < -0.39 is 0 Å². The van der Waals surface area contributed by atoms with Gasteiger partial charge in [-0.25, -0.2) is 4.98 Å². The molecule has 0 radical (unpaired) electrons. The minimum absolute atomic E-state index is 0.221. The molecule has 21 heavy (non-hydrogen) atoms. The van der Waals surface area contributed by atoms with Crippen molar-refractivity contribution in [1.82, 2.24) is 4.98 Å². The van der Waals surface area contributed by atoms with E-state index in [9.17, 15) is 0 Å². The molecule has 2 aromatic carbocycles. The van der Waals surface area contributed by atoms with Crippen LogP contribution in [0.5, 0.6) is 0 Å². The number of hydrogen-bond acceptors (Lipinski definition) is 3. The van der Waals surface area contributed by atoms with Gasteiger partial charge < -0.3 is 0 Å². The number of thiazole rings is 1. The number of para-hydroxylation sites is 1. The van der Waals surface area contributed by atoms with Crippen LogP contribution in [0, 0.1) is 0 Å². The summed E-state index contributed by atoms with van der Waals surface area (Å²) in [5.74, 6) is 0.976. The maximum atomic E-state index is 4.67. The molecule has 1 heterocycles. The Balaban J connectivity index is 1.69. The van der Waals surface area contributed by atoms with E-state index >= 15 is 0 Å². The van der Waals surface area contributed by atoms with Gasteiger partial charge in [0.2, 0.25) is 0 Å².